The van der Waals surface area contributed by atoms with Gasteiger partial charge in [0.15, 0.2) is 0 Å². The lowest BCUT2D eigenvalue weighted by atomic mass is 10.0. The number of nitriles is 1. The van der Waals surface area contributed by atoms with Crippen molar-refractivity contribution in [3.8, 4) is 6.07 Å². The molecule has 0 aliphatic carbocycles. The predicted molar refractivity (Wildman–Crippen MR) is 73.6 cm³/mol. The molecule has 98 valence electrons. The summed E-state index contributed by atoms with van der Waals surface area (Å²) in [4.78, 5) is 5.46. The summed E-state index contributed by atoms with van der Waals surface area (Å²) in [5.74, 6) is 0. The smallest absolute Gasteiger partial charge is 0.0963 e. The second-order valence-electron chi connectivity index (χ2n) is 5.12. The van der Waals surface area contributed by atoms with Gasteiger partial charge in [0.1, 0.15) is 0 Å². The number of nitrogens with zero attached hydrogens (tertiary/aromatic N) is 2. The minimum atomic E-state index is 0.00273. The van der Waals surface area contributed by atoms with Crippen LogP contribution in [0.5, 0.6) is 0 Å². The Bertz CT molecular complexity index is 613. The number of aromatic nitrogens is 1. The van der Waals surface area contributed by atoms with Gasteiger partial charge in [0.25, 0.3) is 0 Å². The molecule has 0 saturated carbocycles. The number of morpholine rings is 1. The fraction of sp³-hybridized carbons (Fsp3) is 0.400. The summed E-state index contributed by atoms with van der Waals surface area (Å²) in [5.41, 5.74) is 2.33. The molecule has 0 radical (unpaired) electrons. The normalized spacial score (nSPS) is 24.4. The van der Waals surface area contributed by atoms with E-state index in [2.05, 4.69) is 41.2 Å². The monoisotopic (exact) mass is 255 g/mol. The molecule has 1 aliphatic rings. The maximum absolute atomic E-state index is 8.85. The Balaban J connectivity index is 1.92. The first kappa shape index (κ1) is 12.2. The molecule has 1 saturated heterocycles. The van der Waals surface area contributed by atoms with Crippen molar-refractivity contribution in [2.45, 2.75) is 18.6 Å². The summed E-state index contributed by atoms with van der Waals surface area (Å²) in [7, 11) is 2.08. The van der Waals surface area contributed by atoms with Gasteiger partial charge in [-0.15, -0.1) is 0 Å². The second kappa shape index (κ2) is 5.04. The lowest BCUT2D eigenvalue weighted by Crippen LogP contribution is -2.41. The third-order valence-corrected chi connectivity index (χ3v) is 3.64. The first-order valence-electron chi connectivity index (χ1n) is 6.55. The van der Waals surface area contributed by atoms with Crippen LogP contribution < -0.4 is 0 Å². The van der Waals surface area contributed by atoms with E-state index in [0.29, 0.717) is 6.42 Å². The fourth-order valence-corrected chi connectivity index (χ4v) is 2.80. The average molecular weight is 255 g/mol. The van der Waals surface area contributed by atoms with Crippen LogP contribution in [0.1, 0.15) is 18.1 Å². The summed E-state index contributed by atoms with van der Waals surface area (Å²) in [5, 5.41) is 10.1. The minimum Gasteiger partial charge on any atom is -0.367 e. The van der Waals surface area contributed by atoms with E-state index in [-0.39, 0.29) is 12.2 Å². The van der Waals surface area contributed by atoms with E-state index >= 15 is 0 Å². The van der Waals surface area contributed by atoms with Crippen LogP contribution in [0.2, 0.25) is 0 Å². The largest absolute Gasteiger partial charge is 0.367 e. The molecule has 19 heavy (non-hydrogen) atoms. The van der Waals surface area contributed by atoms with E-state index < -0.39 is 0 Å². The van der Waals surface area contributed by atoms with E-state index in [1.165, 1.54) is 10.9 Å². The van der Waals surface area contributed by atoms with E-state index in [9.17, 15) is 0 Å². The van der Waals surface area contributed by atoms with Crippen molar-refractivity contribution in [2.24, 2.45) is 0 Å². The third-order valence-electron chi connectivity index (χ3n) is 3.64. The number of H-pyrrole nitrogens is 1. The number of ether oxygens (including phenoxy) is 1. The molecule has 2 aromatic rings. The zero-order chi connectivity index (χ0) is 13.2. The van der Waals surface area contributed by atoms with Gasteiger partial charge in [-0.05, 0) is 24.7 Å². The van der Waals surface area contributed by atoms with Gasteiger partial charge in [-0.2, -0.15) is 5.26 Å². The first-order valence-corrected chi connectivity index (χ1v) is 6.55. The Kier molecular flexibility index (Phi) is 3.24. The number of likely N-dealkylation sites (N-methyl/N-ethyl adjacent to an activating group) is 1. The average Bonchev–Trinajstić information content (AvgIpc) is 2.86. The summed E-state index contributed by atoms with van der Waals surface area (Å²) in [6.45, 7) is 1.69. The molecule has 1 aromatic carbocycles. The molecule has 1 aromatic heterocycles. The molecule has 0 unspecified atom stereocenters. The fourth-order valence-electron chi connectivity index (χ4n) is 2.80. The Morgan fingerprint density at radius 1 is 1.42 bits per heavy atom. The van der Waals surface area contributed by atoms with Gasteiger partial charge in [0.05, 0.1) is 24.7 Å². The molecule has 2 heterocycles. The maximum Gasteiger partial charge on any atom is 0.0963 e. The highest BCUT2D eigenvalue weighted by molar-refractivity contribution is 5.83. The van der Waals surface area contributed by atoms with Crippen molar-refractivity contribution in [1.82, 2.24) is 9.88 Å². The van der Waals surface area contributed by atoms with E-state index in [1.54, 1.807) is 0 Å². The van der Waals surface area contributed by atoms with Gasteiger partial charge < -0.3 is 14.6 Å². The molecular formula is C15H17N3O. The topological polar surface area (TPSA) is 52.1 Å². The standard InChI is InChI=1S/C15H17N3O/c1-18-9-11(5-7-16)19-15(10-18)13-3-2-4-14-12(13)6-8-17-14/h2-4,6,8,11,15,17H,5,9-10H2,1H3/t11-,15-/m1/s1. The summed E-state index contributed by atoms with van der Waals surface area (Å²) in [6.07, 6.45) is 2.44. The zero-order valence-electron chi connectivity index (χ0n) is 11.0. The predicted octanol–water partition coefficient (Wildman–Crippen LogP) is 2.45. The van der Waals surface area contributed by atoms with Crippen LogP contribution in [-0.2, 0) is 4.74 Å². The molecule has 4 nitrogen and oxygen atoms in total. The number of hydrogen-bond donors (Lipinski definition) is 1. The van der Waals surface area contributed by atoms with Gasteiger partial charge >= 0.3 is 0 Å². The van der Waals surface area contributed by atoms with E-state index in [1.807, 2.05) is 12.3 Å². The number of nitrogens with one attached hydrogen (secondary N) is 1. The number of aromatic amines is 1. The third kappa shape index (κ3) is 2.35. The lowest BCUT2D eigenvalue weighted by Gasteiger charge is -2.35. The number of fused-ring (bicyclic) bond motifs is 1. The van der Waals surface area contributed by atoms with E-state index in [4.69, 9.17) is 10.00 Å². The SMILES string of the molecule is CN1C[C@@H](CC#N)O[C@@H](c2cccc3[nH]ccc23)C1. The first-order chi connectivity index (χ1) is 9.28. The van der Waals surface area contributed by atoms with Crippen molar-refractivity contribution >= 4 is 10.9 Å². The molecule has 0 amide bonds. The van der Waals surface area contributed by atoms with Gasteiger partial charge in [-0.1, -0.05) is 12.1 Å². The summed E-state index contributed by atoms with van der Waals surface area (Å²) in [6, 6.07) is 10.5. The van der Waals surface area contributed by atoms with Crippen molar-refractivity contribution < 1.29 is 4.74 Å². The molecule has 0 spiro atoms. The molecule has 3 rings (SSSR count). The van der Waals surface area contributed by atoms with Crippen molar-refractivity contribution in [1.29, 1.82) is 5.26 Å². The molecule has 1 aliphatic heterocycles. The highest BCUT2D eigenvalue weighted by Gasteiger charge is 2.27. The van der Waals surface area contributed by atoms with Crippen molar-refractivity contribution in [2.75, 3.05) is 20.1 Å². The molecule has 4 heteroatoms. The summed E-state index contributed by atoms with van der Waals surface area (Å²) < 4.78 is 6.08. The maximum atomic E-state index is 8.85. The number of rotatable bonds is 2. The molecule has 1 fully saturated rings. The van der Waals surface area contributed by atoms with Crippen LogP contribution in [-0.4, -0.2) is 36.1 Å². The molecular weight excluding hydrogens is 238 g/mol. The number of hydrogen-bond acceptors (Lipinski definition) is 3. The van der Waals surface area contributed by atoms with Crippen LogP contribution in [0.4, 0.5) is 0 Å². The van der Waals surface area contributed by atoms with Gasteiger partial charge in [0.2, 0.25) is 0 Å². The quantitative estimate of drug-likeness (QED) is 0.896. The van der Waals surface area contributed by atoms with E-state index in [0.717, 1.165) is 18.6 Å². The van der Waals surface area contributed by atoms with Gasteiger partial charge in [0, 0.05) is 30.2 Å². The molecule has 1 N–H and O–H groups in total. The van der Waals surface area contributed by atoms with Crippen LogP contribution in [0.25, 0.3) is 10.9 Å². The minimum absolute atomic E-state index is 0.00273. The number of benzene rings is 1. The van der Waals surface area contributed by atoms with Crippen LogP contribution in [0, 0.1) is 11.3 Å². The molecule has 2 atom stereocenters. The lowest BCUT2D eigenvalue weighted by molar-refractivity contribution is -0.0771. The Morgan fingerprint density at radius 3 is 3.16 bits per heavy atom. The molecule has 0 bridgehead atoms. The van der Waals surface area contributed by atoms with Crippen LogP contribution in [0.3, 0.4) is 0 Å². The Labute approximate surface area is 112 Å². The second-order valence-corrected chi connectivity index (χ2v) is 5.12. The van der Waals surface area contributed by atoms with Crippen LogP contribution in [0.15, 0.2) is 30.5 Å². The van der Waals surface area contributed by atoms with Crippen molar-refractivity contribution in [3.05, 3.63) is 36.0 Å². The highest BCUT2D eigenvalue weighted by Crippen LogP contribution is 2.30. The van der Waals surface area contributed by atoms with Crippen LogP contribution >= 0.6 is 0 Å². The van der Waals surface area contributed by atoms with Gasteiger partial charge in [-0.3, -0.25) is 0 Å². The highest BCUT2D eigenvalue weighted by atomic mass is 16.5. The Hall–Kier alpha value is -1.83. The zero-order valence-corrected chi connectivity index (χ0v) is 11.0. The Morgan fingerprint density at radius 2 is 2.32 bits per heavy atom. The van der Waals surface area contributed by atoms with Crippen molar-refractivity contribution in [3.63, 3.8) is 0 Å². The van der Waals surface area contributed by atoms with Gasteiger partial charge in [-0.25, -0.2) is 0 Å². The summed E-state index contributed by atoms with van der Waals surface area (Å²) >= 11 is 0.